The maximum Gasteiger partial charge on any atom is 0.234 e. The first kappa shape index (κ1) is 14.9. The molecule has 0 aliphatic rings. The molecule has 0 aromatic heterocycles. The Bertz CT molecular complexity index is 636. The van der Waals surface area contributed by atoms with E-state index in [0.29, 0.717) is 10.6 Å². The van der Waals surface area contributed by atoms with Crippen LogP contribution in [0.3, 0.4) is 0 Å². The summed E-state index contributed by atoms with van der Waals surface area (Å²) in [5, 5.41) is 2.78. The van der Waals surface area contributed by atoms with Gasteiger partial charge in [-0.2, -0.15) is 0 Å². The first-order chi connectivity index (χ1) is 9.56. The molecule has 0 saturated heterocycles. The average Bonchev–Trinajstić information content (AvgIpc) is 2.43. The normalized spacial score (nSPS) is 10.3. The summed E-state index contributed by atoms with van der Waals surface area (Å²) in [7, 11) is 0. The van der Waals surface area contributed by atoms with Gasteiger partial charge in [-0.15, -0.1) is 11.8 Å². The zero-order chi connectivity index (χ0) is 14.5. The van der Waals surface area contributed by atoms with Gasteiger partial charge in [0.05, 0.1) is 17.1 Å². The summed E-state index contributed by atoms with van der Waals surface area (Å²) in [6.07, 6.45) is 0. The Kier molecular flexibility index (Phi) is 5.03. The Hall–Kier alpha value is -1.53. The van der Waals surface area contributed by atoms with Gasteiger partial charge in [-0.05, 0) is 46.3 Å². The molecule has 2 rings (SSSR count). The van der Waals surface area contributed by atoms with Crippen LogP contribution < -0.4 is 11.1 Å². The van der Waals surface area contributed by atoms with Crippen molar-refractivity contribution >= 4 is 45.0 Å². The van der Waals surface area contributed by atoms with Gasteiger partial charge in [-0.3, -0.25) is 4.79 Å². The number of hydrogen-bond donors (Lipinski definition) is 2. The fourth-order valence-electron chi connectivity index (χ4n) is 1.50. The maximum atomic E-state index is 13.3. The number of nitrogens with two attached hydrogens (primary N) is 1. The van der Waals surface area contributed by atoms with Gasteiger partial charge in [0.1, 0.15) is 5.82 Å². The molecule has 0 aliphatic carbocycles. The number of amides is 1. The maximum absolute atomic E-state index is 13.3. The minimum absolute atomic E-state index is 0.104. The van der Waals surface area contributed by atoms with E-state index in [0.717, 1.165) is 4.47 Å². The standard InChI is InChI=1S/C14H12BrFN2OS/c15-10-3-1-2-4-13(10)18-14(19)8-20-9-5-6-12(17)11(16)7-9/h1-7H,8,17H2,(H,18,19). The molecule has 20 heavy (non-hydrogen) atoms. The van der Waals surface area contributed by atoms with E-state index in [1.54, 1.807) is 12.1 Å². The molecule has 0 bridgehead atoms. The van der Waals surface area contributed by atoms with E-state index in [-0.39, 0.29) is 17.3 Å². The number of anilines is 2. The minimum Gasteiger partial charge on any atom is -0.396 e. The molecule has 6 heteroatoms. The zero-order valence-corrected chi connectivity index (χ0v) is 12.8. The largest absolute Gasteiger partial charge is 0.396 e. The van der Waals surface area contributed by atoms with Crippen molar-refractivity contribution in [3.8, 4) is 0 Å². The highest BCUT2D eigenvalue weighted by Crippen LogP contribution is 2.24. The second kappa shape index (κ2) is 6.76. The number of nitrogens with one attached hydrogen (secondary N) is 1. The molecule has 104 valence electrons. The number of nitrogen functional groups attached to an aromatic ring is 1. The van der Waals surface area contributed by atoms with E-state index in [2.05, 4.69) is 21.2 Å². The number of thioether (sulfide) groups is 1. The summed E-state index contributed by atoms with van der Waals surface area (Å²) < 4.78 is 14.1. The van der Waals surface area contributed by atoms with Crippen LogP contribution in [0.25, 0.3) is 0 Å². The van der Waals surface area contributed by atoms with Gasteiger partial charge in [-0.25, -0.2) is 4.39 Å². The Labute approximate surface area is 128 Å². The van der Waals surface area contributed by atoms with Gasteiger partial charge in [0.2, 0.25) is 5.91 Å². The Morgan fingerprint density at radius 1 is 1.30 bits per heavy atom. The van der Waals surface area contributed by atoms with E-state index in [4.69, 9.17) is 5.73 Å². The summed E-state index contributed by atoms with van der Waals surface area (Å²) in [6.45, 7) is 0. The highest BCUT2D eigenvalue weighted by Gasteiger charge is 2.07. The predicted molar refractivity (Wildman–Crippen MR) is 84.3 cm³/mol. The molecule has 0 unspecified atom stereocenters. The predicted octanol–water partition coefficient (Wildman–Crippen LogP) is 3.90. The summed E-state index contributed by atoms with van der Waals surface area (Å²) in [6, 6.07) is 11.9. The number of para-hydroxylation sites is 1. The SMILES string of the molecule is Nc1ccc(SCC(=O)Nc2ccccc2Br)cc1F. The highest BCUT2D eigenvalue weighted by molar-refractivity contribution is 9.10. The van der Waals surface area contributed by atoms with Crippen molar-refractivity contribution in [1.82, 2.24) is 0 Å². The first-order valence-electron chi connectivity index (χ1n) is 5.78. The topological polar surface area (TPSA) is 55.1 Å². The van der Waals surface area contributed by atoms with Gasteiger partial charge < -0.3 is 11.1 Å². The van der Waals surface area contributed by atoms with Crippen LogP contribution in [0.5, 0.6) is 0 Å². The summed E-state index contributed by atoms with van der Waals surface area (Å²) >= 11 is 4.61. The number of hydrogen-bond acceptors (Lipinski definition) is 3. The Morgan fingerprint density at radius 3 is 2.75 bits per heavy atom. The van der Waals surface area contributed by atoms with Gasteiger partial charge in [-0.1, -0.05) is 12.1 Å². The van der Waals surface area contributed by atoms with Crippen molar-refractivity contribution in [3.63, 3.8) is 0 Å². The zero-order valence-electron chi connectivity index (χ0n) is 10.4. The highest BCUT2D eigenvalue weighted by atomic mass is 79.9. The van der Waals surface area contributed by atoms with Gasteiger partial charge in [0.15, 0.2) is 0 Å². The smallest absolute Gasteiger partial charge is 0.234 e. The van der Waals surface area contributed by atoms with Crippen LogP contribution in [0, 0.1) is 5.82 Å². The monoisotopic (exact) mass is 354 g/mol. The van der Waals surface area contributed by atoms with Crippen molar-refractivity contribution in [2.45, 2.75) is 4.90 Å². The van der Waals surface area contributed by atoms with E-state index in [9.17, 15) is 9.18 Å². The quantitative estimate of drug-likeness (QED) is 0.646. The summed E-state index contributed by atoms with van der Waals surface area (Å²) in [5.41, 5.74) is 6.21. The molecule has 0 atom stereocenters. The Morgan fingerprint density at radius 2 is 2.05 bits per heavy atom. The lowest BCUT2D eigenvalue weighted by molar-refractivity contribution is -0.113. The third-order valence-electron chi connectivity index (χ3n) is 2.49. The molecule has 0 saturated carbocycles. The molecular weight excluding hydrogens is 343 g/mol. The molecule has 0 aliphatic heterocycles. The lowest BCUT2D eigenvalue weighted by Gasteiger charge is -2.07. The van der Waals surface area contributed by atoms with E-state index >= 15 is 0 Å². The van der Waals surface area contributed by atoms with Crippen molar-refractivity contribution in [1.29, 1.82) is 0 Å². The molecule has 0 fully saturated rings. The van der Waals surface area contributed by atoms with Crippen molar-refractivity contribution in [3.05, 3.63) is 52.8 Å². The van der Waals surface area contributed by atoms with Gasteiger partial charge in [0.25, 0.3) is 0 Å². The summed E-state index contributed by atoms with van der Waals surface area (Å²) in [5.74, 6) is -0.426. The minimum atomic E-state index is -0.471. The first-order valence-corrected chi connectivity index (χ1v) is 7.56. The molecule has 0 heterocycles. The number of carbonyl (C=O) groups is 1. The lowest BCUT2D eigenvalue weighted by atomic mass is 10.3. The Balaban J connectivity index is 1.92. The molecule has 0 radical (unpaired) electrons. The van der Waals surface area contributed by atoms with E-state index in [1.165, 1.54) is 23.9 Å². The number of carbonyl (C=O) groups excluding carboxylic acids is 1. The second-order valence-electron chi connectivity index (χ2n) is 4.00. The summed E-state index contributed by atoms with van der Waals surface area (Å²) in [4.78, 5) is 12.5. The number of benzene rings is 2. The molecule has 0 spiro atoms. The molecule has 2 aromatic rings. The van der Waals surface area contributed by atoms with Crippen LogP contribution in [0.4, 0.5) is 15.8 Å². The second-order valence-corrected chi connectivity index (χ2v) is 5.90. The van der Waals surface area contributed by atoms with E-state index < -0.39 is 5.82 Å². The van der Waals surface area contributed by atoms with Gasteiger partial charge in [0, 0.05) is 9.37 Å². The molecule has 1 amide bonds. The lowest BCUT2D eigenvalue weighted by Crippen LogP contribution is -2.14. The third-order valence-corrected chi connectivity index (χ3v) is 4.18. The molecular formula is C14H12BrFN2OS. The number of halogens is 2. The van der Waals surface area contributed by atoms with Crippen LogP contribution >= 0.6 is 27.7 Å². The number of rotatable bonds is 4. The van der Waals surface area contributed by atoms with Crippen LogP contribution in [-0.2, 0) is 4.79 Å². The van der Waals surface area contributed by atoms with Crippen molar-refractivity contribution in [2.75, 3.05) is 16.8 Å². The van der Waals surface area contributed by atoms with Crippen molar-refractivity contribution < 1.29 is 9.18 Å². The molecule has 3 N–H and O–H groups in total. The average molecular weight is 355 g/mol. The van der Waals surface area contributed by atoms with E-state index in [1.807, 2.05) is 18.2 Å². The van der Waals surface area contributed by atoms with Crippen LogP contribution in [0.15, 0.2) is 51.8 Å². The molecule has 2 aromatic carbocycles. The fourth-order valence-corrected chi connectivity index (χ4v) is 2.60. The fraction of sp³-hybridized carbons (Fsp3) is 0.0714. The van der Waals surface area contributed by atoms with Crippen molar-refractivity contribution in [2.24, 2.45) is 0 Å². The van der Waals surface area contributed by atoms with Crippen LogP contribution in [0.2, 0.25) is 0 Å². The van der Waals surface area contributed by atoms with Crippen LogP contribution in [0.1, 0.15) is 0 Å². The third kappa shape index (κ3) is 3.98. The van der Waals surface area contributed by atoms with Gasteiger partial charge >= 0.3 is 0 Å². The molecule has 3 nitrogen and oxygen atoms in total. The van der Waals surface area contributed by atoms with Crippen LogP contribution in [-0.4, -0.2) is 11.7 Å².